The van der Waals surface area contributed by atoms with Gasteiger partial charge in [-0.15, -0.1) is 0 Å². The van der Waals surface area contributed by atoms with Crippen molar-refractivity contribution in [2.45, 2.75) is 19.4 Å². The molecule has 1 atom stereocenters. The number of benzene rings is 1. The van der Waals surface area contributed by atoms with E-state index in [1.165, 1.54) is 25.1 Å². The smallest absolute Gasteiger partial charge is 0.254 e. The van der Waals surface area contributed by atoms with Crippen LogP contribution in [-0.4, -0.2) is 30.9 Å². The topological polar surface area (TPSA) is 70.2 Å². The van der Waals surface area contributed by atoms with Crippen molar-refractivity contribution in [2.75, 3.05) is 18.4 Å². The fraction of sp³-hybridized carbons (Fsp3) is 0.385. The zero-order valence-electron chi connectivity index (χ0n) is 10.6. The van der Waals surface area contributed by atoms with E-state index in [0.29, 0.717) is 12.2 Å². The maximum absolute atomic E-state index is 13.6. The Balaban J connectivity index is 2.12. The lowest BCUT2D eigenvalue weighted by atomic mass is 10.1. The standard InChI is InChI=1S/C13H16FN3O2/c1-8(18)16-9-2-3-12(14)11(6-9)13(19)17-10-4-5-15-7-10/h2-3,6,10,15H,4-5,7H2,1H3,(H,16,18)(H,17,19). The Morgan fingerprint density at radius 3 is 2.84 bits per heavy atom. The normalized spacial score (nSPS) is 18.1. The third-order valence-corrected chi connectivity index (χ3v) is 2.93. The maximum atomic E-state index is 13.6. The molecule has 0 radical (unpaired) electrons. The molecule has 1 aliphatic rings. The summed E-state index contributed by atoms with van der Waals surface area (Å²) < 4.78 is 13.6. The molecule has 0 saturated carbocycles. The van der Waals surface area contributed by atoms with Crippen LogP contribution in [0.25, 0.3) is 0 Å². The predicted molar refractivity (Wildman–Crippen MR) is 69.4 cm³/mol. The van der Waals surface area contributed by atoms with Gasteiger partial charge in [-0.1, -0.05) is 0 Å². The molecule has 0 bridgehead atoms. The summed E-state index contributed by atoms with van der Waals surface area (Å²) in [5.74, 6) is -1.33. The van der Waals surface area contributed by atoms with Crippen LogP contribution in [0, 0.1) is 5.82 Å². The van der Waals surface area contributed by atoms with E-state index in [2.05, 4.69) is 16.0 Å². The third kappa shape index (κ3) is 3.51. The van der Waals surface area contributed by atoms with Gasteiger partial charge in [-0.3, -0.25) is 9.59 Å². The lowest BCUT2D eigenvalue weighted by molar-refractivity contribution is -0.114. The van der Waals surface area contributed by atoms with Gasteiger partial charge in [0, 0.05) is 25.2 Å². The fourth-order valence-corrected chi connectivity index (χ4v) is 2.02. The second kappa shape index (κ2) is 5.79. The van der Waals surface area contributed by atoms with E-state index in [-0.39, 0.29) is 17.5 Å². The molecule has 0 aromatic heterocycles. The summed E-state index contributed by atoms with van der Waals surface area (Å²) in [4.78, 5) is 22.9. The Kier molecular flexibility index (Phi) is 4.11. The third-order valence-electron chi connectivity index (χ3n) is 2.93. The maximum Gasteiger partial charge on any atom is 0.254 e. The van der Waals surface area contributed by atoms with Gasteiger partial charge in [-0.2, -0.15) is 0 Å². The van der Waals surface area contributed by atoms with Crippen molar-refractivity contribution in [2.24, 2.45) is 0 Å². The molecule has 0 aliphatic carbocycles. The number of rotatable bonds is 3. The summed E-state index contributed by atoms with van der Waals surface area (Å²) >= 11 is 0. The molecule has 1 unspecified atom stereocenters. The number of hydrogen-bond acceptors (Lipinski definition) is 3. The number of halogens is 1. The molecule has 5 nitrogen and oxygen atoms in total. The van der Waals surface area contributed by atoms with Crippen molar-refractivity contribution in [3.05, 3.63) is 29.6 Å². The van der Waals surface area contributed by atoms with Crippen LogP contribution in [0.15, 0.2) is 18.2 Å². The van der Waals surface area contributed by atoms with Gasteiger partial charge >= 0.3 is 0 Å². The van der Waals surface area contributed by atoms with Crippen molar-refractivity contribution >= 4 is 17.5 Å². The van der Waals surface area contributed by atoms with E-state index in [4.69, 9.17) is 0 Å². The first-order valence-corrected chi connectivity index (χ1v) is 6.15. The summed E-state index contributed by atoms with van der Waals surface area (Å²) in [6.45, 7) is 2.89. The number of anilines is 1. The van der Waals surface area contributed by atoms with E-state index < -0.39 is 11.7 Å². The summed E-state index contributed by atoms with van der Waals surface area (Å²) in [5, 5.41) is 8.40. The Hall–Kier alpha value is -1.95. The van der Waals surface area contributed by atoms with E-state index in [1.54, 1.807) is 0 Å². The zero-order chi connectivity index (χ0) is 13.8. The van der Waals surface area contributed by atoms with Gasteiger partial charge in [-0.25, -0.2) is 4.39 Å². The van der Waals surface area contributed by atoms with Gasteiger partial charge in [0.05, 0.1) is 5.56 Å². The van der Waals surface area contributed by atoms with Crippen molar-refractivity contribution in [1.29, 1.82) is 0 Å². The lowest BCUT2D eigenvalue weighted by Gasteiger charge is -2.12. The van der Waals surface area contributed by atoms with Crippen LogP contribution in [0.5, 0.6) is 0 Å². The molecule has 6 heteroatoms. The summed E-state index contributed by atoms with van der Waals surface area (Å²) in [6.07, 6.45) is 0.832. The first-order chi connectivity index (χ1) is 9.06. The van der Waals surface area contributed by atoms with Crippen molar-refractivity contribution in [3.8, 4) is 0 Å². The molecule has 1 fully saturated rings. The van der Waals surface area contributed by atoms with Crippen LogP contribution in [0.3, 0.4) is 0 Å². The Morgan fingerprint density at radius 1 is 1.42 bits per heavy atom. The largest absolute Gasteiger partial charge is 0.348 e. The van der Waals surface area contributed by atoms with Crippen LogP contribution in [-0.2, 0) is 4.79 Å². The first-order valence-electron chi connectivity index (χ1n) is 6.15. The molecule has 1 aliphatic heterocycles. The highest BCUT2D eigenvalue weighted by Crippen LogP contribution is 2.15. The van der Waals surface area contributed by atoms with E-state index in [0.717, 1.165) is 13.0 Å². The minimum absolute atomic E-state index is 0.0244. The molecule has 2 amide bonds. The van der Waals surface area contributed by atoms with Gasteiger partial charge in [0.2, 0.25) is 5.91 Å². The Bertz CT molecular complexity index is 499. The molecule has 102 valence electrons. The zero-order valence-corrected chi connectivity index (χ0v) is 10.6. The fourth-order valence-electron chi connectivity index (χ4n) is 2.02. The summed E-state index contributed by atoms with van der Waals surface area (Å²) in [7, 11) is 0. The molecule has 1 aromatic rings. The monoisotopic (exact) mass is 265 g/mol. The van der Waals surface area contributed by atoms with Crippen LogP contribution in [0.4, 0.5) is 10.1 Å². The van der Waals surface area contributed by atoms with Crippen molar-refractivity contribution in [3.63, 3.8) is 0 Å². The summed E-state index contributed by atoms with van der Waals surface area (Å²) in [6, 6.07) is 3.96. The quantitative estimate of drug-likeness (QED) is 0.759. The van der Waals surface area contributed by atoms with E-state index >= 15 is 0 Å². The van der Waals surface area contributed by atoms with E-state index in [1.807, 2.05) is 0 Å². The molecule has 1 saturated heterocycles. The minimum atomic E-state index is -0.599. The SMILES string of the molecule is CC(=O)Nc1ccc(F)c(C(=O)NC2CCNC2)c1. The molecular weight excluding hydrogens is 249 g/mol. The van der Waals surface area contributed by atoms with Gasteiger partial charge in [-0.05, 0) is 31.2 Å². The molecule has 0 spiro atoms. The van der Waals surface area contributed by atoms with Gasteiger partial charge < -0.3 is 16.0 Å². The second-order valence-electron chi connectivity index (χ2n) is 4.54. The second-order valence-corrected chi connectivity index (χ2v) is 4.54. The summed E-state index contributed by atoms with van der Waals surface area (Å²) in [5.41, 5.74) is 0.349. The Labute approximate surface area is 110 Å². The van der Waals surface area contributed by atoms with Crippen LogP contribution in [0.1, 0.15) is 23.7 Å². The number of amides is 2. The molecule has 19 heavy (non-hydrogen) atoms. The van der Waals surface area contributed by atoms with Gasteiger partial charge in [0.15, 0.2) is 0 Å². The number of nitrogens with one attached hydrogen (secondary N) is 3. The van der Waals surface area contributed by atoms with Gasteiger partial charge in [0.1, 0.15) is 5.82 Å². The van der Waals surface area contributed by atoms with Gasteiger partial charge in [0.25, 0.3) is 5.91 Å². The molecular formula is C13H16FN3O2. The highest BCUT2D eigenvalue weighted by Gasteiger charge is 2.19. The highest BCUT2D eigenvalue weighted by molar-refractivity contribution is 5.97. The number of carbonyl (C=O) groups excluding carboxylic acids is 2. The average molecular weight is 265 g/mol. The molecule has 1 heterocycles. The minimum Gasteiger partial charge on any atom is -0.348 e. The van der Waals surface area contributed by atoms with Crippen LogP contribution >= 0.6 is 0 Å². The van der Waals surface area contributed by atoms with E-state index in [9.17, 15) is 14.0 Å². The molecule has 2 rings (SSSR count). The predicted octanol–water partition coefficient (Wildman–Crippen LogP) is 0.876. The van der Waals surface area contributed by atoms with Crippen LogP contribution < -0.4 is 16.0 Å². The number of hydrogen-bond donors (Lipinski definition) is 3. The lowest BCUT2D eigenvalue weighted by Crippen LogP contribution is -2.36. The average Bonchev–Trinajstić information content (AvgIpc) is 2.83. The highest BCUT2D eigenvalue weighted by atomic mass is 19.1. The number of carbonyl (C=O) groups is 2. The first kappa shape index (κ1) is 13.5. The Morgan fingerprint density at radius 2 is 2.21 bits per heavy atom. The van der Waals surface area contributed by atoms with Crippen LogP contribution in [0.2, 0.25) is 0 Å². The molecule has 1 aromatic carbocycles. The molecule has 3 N–H and O–H groups in total. The van der Waals surface area contributed by atoms with Crippen molar-refractivity contribution < 1.29 is 14.0 Å². The van der Waals surface area contributed by atoms with Crippen molar-refractivity contribution in [1.82, 2.24) is 10.6 Å².